The van der Waals surface area contributed by atoms with Gasteiger partial charge in [-0.05, 0) is 68.3 Å². The number of anilines is 2. The lowest BCUT2D eigenvalue weighted by atomic mass is 10.1. The monoisotopic (exact) mass is 443 g/mol. The number of imidazole rings is 1. The highest BCUT2D eigenvalue weighted by atomic mass is 16.8. The van der Waals surface area contributed by atoms with E-state index in [1.54, 1.807) is 18.3 Å². The molecule has 33 heavy (non-hydrogen) atoms. The molecule has 1 fully saturated rings. The van der Waals surface area contributed by atoms with Crippen molar-refractivity contribution in [3.8, 4) is 11.3 Å². The van der Waals surface area contributed by atoms with Crippen LogP contribution in [-0.4, -0.2) is 33.2 Å². The minimum atomic E-state index is -0.376. The molecule has 4 aromatic rings. The molecule has 0 spiro atoms. The summed E-state index contributed by atoms with van der Waals surface area (Å²) in [4.78, 5) is 26.8. The van der Waals surface area contributed by atoms with Crippen molar-refractivity contribution < 1.29 is 14.4 Å². The summed E-state index contributed by atoms with van der Waals surface area (Å²) in [5, 5.41) is 3.30. The number of carbonyl (C=O) groups excluding carboxylic acids is 1. The predicted octanol–water partition coefficient (Wildman–Crippen LogP) is 4.64. The lowest BCUT2D eigenvalue weighted by Crippen LogP contribution is -2.33. The Morgan fingerprint density at radius 2 is 2.03 bits per heavy atom. The Morgan fingerprint density at radius 1 is 1.15 bits per heavy atom. The van der Waals surface area contributed by atoms with Gasteiger partial charge in [0.2, 0.25) is 0 Å². The van der Waals surface area contributed by atoms with Crippen molar-refractivity contribution in [2.45, 2.75) is 32.5 Å². The molecule has 4 heterocycles. The fourth-order valence-corrected chi connectivity index (χ4v) is 3.94. The van der Waals surface area contributed by atoms with Gasteiger partial charge in [-0.2, -0.15) is 0 Å². The molecule has 1 aliphatic heterocycles. The minimum Gasteiger partial charge on any atom is -0.350 e. The second kappa shape index (κ2) is 9.40. The van der Waals surface area contributed by atoms with E-state index in [1.165, 1.54) is 0 Å². The predicted molar refractivity (Wildman–Crippen MR) is 125 cm³/mol. The highest BCUT2D eigenvalue weighted by Gasteiger charge is 2.16. The third-order valence-electron chi connectivity index (χ3n) is 5.58. The van der Waals surface area contributed by atoms with Crippen LogP contribution >= 0.6 is 0 Å². The molecule has 0 saturated carbocycles. The van der Waals surface area contributed by atoms with Gasteiger partial charge in [-0.25, -0.2) is 20.3 Å². The molecule has 1 aliphatic rings. The number of aromatic nitrogens is 3. The largest absolute Gasteiger partial charge is 0.350 e. The number of nitrogens with zero attached hydrogens (tertiary/aromatic N) is 3. The molecule has 0 radical (unpaired) electrons. The van der Waals surface area contributed by atoms with Crippen LogP contribution in [0, 0.1) is 6.92 Å². The van der Waals surface area contributed by atoms with E-state index in [1.807, 2.05) is 55.6 Å². The second-order valence-electron chi connectivity index (χ2n) is 7.95. The van der Waals surface area contributed by atoms with Gasteiger partial charge in [-0.15, -0.1) is 0 Å². The van der Waals surface area contributed by atoms with Crippen LogP contribution in [0.2, 0.25) is 0 Å². The Hall–Kier alpha value is -3.75. The van der Waals surface area contributed by atoms with Crippen molar-refractivity contribution in [2.24, 2.45) is 0 Å². The molecule has 1 amide bonds. The molecule has 3 aromatic heterocycles. The Morgan fingerprint density at radius 3 is 2.85 bits per heavy atom. The number of aryl methyl sites for hydroxylation is 1. The third kappa shape index (κ3) is 4.72. The van der Waals surface area contributed by atoms with Gasteiger partial charge >= 0.3 is 0 Å². The summed E-state index contributed by atoms with van der Waals surface area (Å²) in [5.74, 6) is 0.395. The van der Waals surface area contributed by atoms with E-state index in [9.17, 15) is 4.79 Å². The molecular weight excluding hydrogens is 418 g/mol. The number of rotatable bonds is 6. The maximum Gasteiger partial charge on any atom is 0.274 e. The molecule has 5 rings (SSSR count). The van der Waals surface area contributed by atoms with E-state index in [4.69, 9.17) is 9.57 Å². The SMILES string of the molecule is Cc1nc2ccccn2c1-c1ccnc(Nc2ccc(C(=O)NOC3CCCCO3)cc2)c1. The van der Waals surface area contributed by atoms with Gasteiger partial charge in [-0.3, -0.25) is 9.20 Å². The van der Waals surface area contributed by atoms with Gasteiger partial charge in [0.25, 0.3) is 5.91 Å². The van der Waals surface area contributed by atoms with Crippen LogP contribution in [0.1, 0.15) is 35.3 Å². The highest BCUT2D eigenvalue weighted by Crippen LogP contribution is 2.27. The number of pyridine rings is 2. The molecule has 168 valence electrons. The average molecular weight is 444 g/mol. The van der Waals surface area contributed by atoms with Crippen LogP contribution < -0.4 is 10.8 Å². The lowest BCUT2D eigenvalue weighted by Gasteiger charge is -2.22. The summed E-state index contributed by atoms with van der Waals surface area (Å²) >= 11 is 0. The van der Waals surface area contributed by atoms with Crippen LogP contribution in [0.25, 0.3) is 16.9 Å². The van der Waals surface area contributed by atoms with E-state index < -0.39 is 0 Å². The highest BCUT2D eigenvalue weighted by molar-refractivity contribution is 5.93. The van der Waals surface area contributed by atoms with Crippen molar-refractivity contribution in [2.75, 3.05) is 11.9 Å². The Labute approximate surface area is 191 Å². The van der Waals surface area contributed by atoms with Gasteiger partial charge in [0.05, 0.1) is 11.4 Å². The molecule has 1 atom stereocenters. The van der Waals surface area contributed by atoms with Gasteiger partial charge in [0, 0.05) is 42.2 Å². The van der Waals surface area contributed by atoms with Crippen molar-refractivity contribution in [1.82, 2.24) is 19.8 Å². The summed E-state index contributed by atoms with van der Waals surface area (Å²) in [6.45, 7) is 2.66. The molecule has 8 heteroatoms. The summed E-state index contributed by atoms with van der Waals surface area (Å²) in [5.41, 5.74) is 7.71. The summed E-state index contributed by atoms with van der Waals surface area (Å²) in [6.07, 6.45) is 6.24. The smallest absolute Gasteiger partial charge is 0.274 e. The number of hydroxylamine groups is 1. The van der Waals surface area contributed by atoms with Crippen LogP contribution in [0.3, 0.4) is 0 Å². The number of benzene rings is 1. The molecule has 8 nitrogen and oxygen atoms in total. The van der Waals surface area contributed by atoms with Crippen LogP contribution in [-0.2, 0) is 9.57 Å². The minimum absolute atomic E-state index is 0.307. The molecule has 1 saturated heterocycles. The Balaban J connectivity index is 1.27. The summed E-state index contributed by atoms with van der Waals surface area (Å²) in [7, 11) is 0. The molecule has 2 N–H and O–H groups in total. The number of nitrogens with one attached hydrogen (secondary N) is 2. The third-order valence-corrected chi connectivity index (χ3v) is 5.58. The van der Waals surface area contributed by atoms with Gasteiger partial charge in [0.15, 0.2) is 6.29 Å². The number of amides is 1. The molecule has 1 aromatic carbocycles. The van der Waals surface area contributed by atoms with Crippen molar-refractivity contribution in [3.63, 3.8) is 0 Å². The lowest BCUT2D eigenvalue weighted by molar-refractivity contribution is -0.186. The van der Waals surface area contributed by atoms with Crippen LogP contribution in [0.15, 0.2) is 67.0 Å². The van der Waals surface area contributed by atoms with E-state index in [-0.39, 0.29) is 12.2 Å². The topological polar surface area (TPSA) is 89.8 Å². The first-order chi connectivity index (χ1) is 16.2. The number of ether oxygens (including phenoxy) is 1. The van der Waals surface area contributed by atoms with E-state index in [2.05, 4.69) is 25.2 Å². The first kappa shape index (κ1) is 21.1. The number of hydrogen-bond donors (Lipinski definition) is 2. The standard InChI is InChI=1S/C25H25N5O3/c1-17-24(30-14-4-2-6-22(30)27-17)19-12-13-26-21(16-19)28-20-10-8-18(9-11-20)25(31)29-33-23-7-3-5-15-32-23/h2,4,6,8-14,16,23H,3,5,7,15H2,1H3,(H,26,28)(H,29,31). The summed E-state index contributed by atoms with van der Waals surface area (Å²) in [6, 6.07) is 17.1. The summed E-state index contributed by atoms with van der Waals surface area (Å²) < 4.78 is 7.53. The first-order valence-electron chi connectivity index (χ1n) is 11.0. The van der Waals surface area contributed by atoms with Crippen molar-refractivity contribution >= 4 is 23.1 Å². The maximum absolute atomic E-state index is 12.3. The van der Waals surface area contributed by atoms with Crippen molar-refractivity contribution in [1.29, 1.82) is 0 Å². The van der Waals surface area contributed by atoms with Crippen LogP contribution in [0.5, 0.6) is 0 Å². The number of fused-ring (bicyclic) bond motifs is 1. The zero-order chi connectivity index (χ0) is 22.6. The normalized spacial score (nSPS) is 16.0. The van der Waals surface area contributed by atoms with Gasteiger partial charge in [0.1, 0.15) is 11.5 Å². The van der Waals surface area contributed by atoms with Crippen molar-refractivity contribution in [3.05, 3.63) is 78.2 Å². The number of carbonyl (C=O) groups is 1. The average Bonchev–Trinajstić information content (AvgIpc) is 3.19. The maximum atomic E-state index is 12.3. The quantitative estimate of drug-likeness (QED) is 0.422. The zero-order valence-corrected chi connectivity index (χ0v) is 18.3. The van der Waals surface area contributed by atoms with Crippen LogP contribution in [0.4, 0.5) is 11.5 Å². The molecule has 0 aliphatic carbocycles. The molecular formula is C25H25N5O3. The van der Waals surface area contributed by atoms with E-state index in [0.717, 1.165) is 47.5 Å². The fraction of sp³-hybridized carbons (Fsp3) is 0.240. The Kier molecular flexibility index (Phi) is 6.01. The molecule has 0 bridgehead atoms. The zero-order valence-electron chi connectivity index (χ0n) is 18.3. The van der Waals surface area contributed by atoms with E-state index in [0.29, 0.717) is 18.0 Å². The van der Waals surface area contributed by atoms with Gasteiger partial charge in [-0.1, -0.05) is 6.07 Å². The number of hydrogen-bond acceptors (Lipinski definition) is 6. The Bertz CT molecular complexity index is 1260. The fourth-order valence-electron chi connectivity index (χ4n) is 3.94. The molecule has 1 unspecified atom stereocenters. The van der Waals surface area contributed by atoms with Gasteiger partial charge < -0.3 is 10.1 Å². The second-order valence-corrected chi connectivity index (χ2v) is 7.95. The first-order valence-corrected chi connectivity index (χ1v) is 11.0. The van der Waals surface area contributed by atoms with E-state index >= 15 is 0 Å².